The number of aliphatic imine (C=N–C) groups is 1. The van der Waals surface area contributed by atoms with Gasteiger partial charge in [0.15, 0.2) is 5.96 Å². The minimum Gasteiger partial charge on any atom is -0.480 e. The largest absolute Gasteiger partial charge is 0.480 e. The lowest BCUT2D eigenvalue weighted by atomic mass is 10.0. The zero-order valence-electron chi connectivity index (χ0n) is 22.3. The summed E-state index contributed by atoms with van der Waals surface area (Å²) in [6, 6.07) is 2.07. The molecule has 4 atom stereocenters. The van der Waals surface area contributed by atoms with E-state index in [1.807, 2.05) is 24.3 Å². The molecule has 0 fully saturated rings. The Morgan fingerprint density at radius 2 is 1.54 bits per heavy atom. The number of rotatable bonds is 17. The van der Waals surface area contributed by atoms with E-state index in [9.17, 15) is 34.2 Å². The number of fused-ring (bicyclic) bond motifs is 1. The Morgan fingerprint density at radius 1 is 0.902 bits per heavy atom. The highest BCUT2D eigenvalue weighted by Crippen LogP contribution is 2.19. The molecule has 1 heterocycles. The molecule has 0 bridgehead atoms. The zero-order valence-corrected chi connectivity index (χ0v) is 22.3. The molecule has 1 aromatic carbocycles. The Bertz CT molecular complexity index is 1260. The Kier molecular flexibility index (Phi) is 12.5. The lowest BCUT2D eigenvalue weighted by Gasteiger charge is -2.25. The highest BCUT2D eigenvalue weighted by molar-refractivity contribution is 5.95. The maximum absolute atomic E-state index is 13.5. The van der Waals surface area contributed by atoms with Gasteiger partial charge in [0.05, 0.1) is 6.61 Å². The quantitative estimate of drug-likeness (QED) is 0.0514. The second-order valence-corrected chi connectivity index (χ2v) is 9.33. The Hall–Kier alpha value is -4.70. The fourth-order valence-electron chi connectivity index (χ4n) is 3.95. The van der Waals surface area contributed by atoms with E-state index in [1.165, 1.54) is 0 Å². The summed E-state index contributed by atoms with van der Waals surface area (Å²) in [5, 5.41) is 27.0. The number of guanidine groups is 1. The monoisotopic (exact) mass is 575 g/mol. The molecule has 41 heavy (non-hydrogen) atoms. The van der Waals surface area contributed by atoms with Crippen LogP contribution in [0.3, 0.4) is 0 Å². The number of aromatic amines is 1. The number of carbonyl (C=O) groups is 5. The number of nitrogens with one attached hydrogen (secondary N) is 4. The molecule has 0 aliphatic carbocycles. The van der Waals surface area contributed by atoms with Crippen molar-refractivity contribution < 1.29 is 34.2 Å². The number of hydrogen-bond donors (Lipinski definition) is 10. The maximum atomic E-state index is 13.5. The number of carboxylic acids is 1. The summed E-state index contributed by atoms with van der Waals surface area (Å²) in [5.41, 5.74) is 22.9. The average molecular weight is 576 g/mol. The van der Waals surface area contributed by atoms with E-state index in [-0.39, 0.29) is 44.6 Å². The smallest absolute Gasteiger partial charge is 0.326 e. The van der Waals surface area contributed by atoms with Gasteiger partial charge in [0.25, 0.3) is 0 Å². The number of aliphatic carboxylic acids is 1. The minimum atomic E-state index is -1.45. The van der Waals surface area contributed by atoms with Crippen LogP contribution in [0.4, 0.5) is 0 Å². The Balaban J connectivity index is 2.30. The number of aromatic nitrogens is 1. The second kappa shape index (κ2) is 15.8. The van der Waals surface area contributed by atoms with Crippen LogP contribution in [0.1, 0.15) is 31.2 Å². The van der Waals surface area contributed by atoms with Gasteiger partial charge in [0.2, 0.25) is 23.6 Å². The predicted octanol–water partition coefficient (Wildman–Crippen LogP) is -3.11. The normalized spacial score (nSPS) is 13.8. The number of benzene rings is 1. The van der Waals surface area contributed by atoms with E-state index in [0.717, 1.165) is 10.9 Å². The van der Waals surface area contributed by atoms with E-state index < -0.39 is 60.4 Å². The molecular weight excluding hydrogens is 538 g/mol. The molecule has 0 aliphatic heterocycles. The topological polar surface area (TPSA) is 294 Å². The molecule has 2 rings (SSSR count). The third kappa shape index (κ3) is 10.4. The van der Waals surface area contributed by atoms with Gasteiger partial charge >= 0.3 is 5.97 Å². The van der Waals surface area contributed by atoms with E-state index in [2.05, 4.69) is 25.9 Å². The average Bonchev–Trinajstić information content (AvgIpc) is 3.33. The number of amides is 4. The molecular formula is C25H37N9O7. The molecule has 0 aliphatic rings. The van der Waals surface area contributed by atoms with Crippen molar-refractivity contribution in [2.75, 3.05) is 13.2 Å². The van der Waals surface area contributed by atoms with E-state index in [1.54, 1.807) is 6.20 Å². The molecule has 4 amide bonds. The SMILES string of the molecule is NC(=O)CCC(NC(=O)C(CCCN=C(N)N)NC(=O)C(Cc1c[nH]c2ccccc12)NC(=O)C(N)CO)C(=O)O. The van der Waals surface area contributed by atoms with Crippen LogP contribution in [-0.2, 0) is 30.4 Å². The second-order valence-electron chi connectivity index (χ2n) is 9.33. The molecule has 4 unspecified atom stereocenters. The van der Waals surface area contributed by atoms with Crippen molar-refractivity contribution in [2.24, 2.45) is 27.9 Å². The molecule has 0 saturated heterocycles. The standard InChI is InChI=1S/C25H37N9O7/c26-15(12-35)21(37)34-19(10-13-11-31-16-5-2-1-4-14(13)16)23(39)32-17(6-3-9-30-25(28)29)22(38)33-18(24(40)41)7-8-20(27)36/h1-2,4-5,11,15,17-19,31,35H,3,6-10,12,26H2,(H2,27,36)(H,32,39)(H,33,38)(H,34,37)(H,40,41)(H4,28,29,30). The minimum absolute atomic E-state index is 0.000414. The van der Waals surface area contributed by atoms with Crippen LogP contribution in [0.5, 0.6) is 0 Å². The first-order chi connectivity index (χ1) is 19.4. The summed E-state index contributed by atoms with van der Waals surface area (Å²) in [5.74, 6) is -4.71. The summed E-state index contributed by atoms with van der Waals surface area (Å²) in [6.45, 7) is -0.544. The number of primary amides is 1. The summed E-state index contributed by atoms with van der Waals surface area (Å²) >= 11 is 0. The van der Waals surface area contributed by atoms with Crippen molar-refractivity contribution in [3.63, 3.8) is 0 Å². The van der Waals surface area contributed by atoms with Crippen LogP contribution in [0.25, 0.3) is 10.9 Å². The van der Waals surface area contributed by atoms with Crippen molar-refractivity contribution in [2.45, 2.75) is 56.3 Å². The molecule has 0 saturated carbocycles. The number of nitrogens with zero attached hydrogens (tertiary/aromatic N) is 1. The van der Waals surface area contributed by atoms with Crippen molar-refractivity contribution >= 4 is 46.5 Å². The number of nitrogens with two attached hydrogens (primary N) is 4. The summed E-state index contributed by atoms with van der Waals surface area (Å²) in [4.78, 5) is 68.8. The van der Waals surface area contributed by atoms with Crippen molar-refractivity contribution in [3.8, 4) is 0 Å². The number of H-pyrrole nitrogens is 1. The van der Waals surface area contributed by atoms with Gasteiger partial charge < -0.3 is 54.1 Å². The highest BCUT2D eigenvalue weighted by Gasteiger charge is 2.31. The van der Waals surface area contributed by atoms with Crippen molar-refractivity contribution in [1.82, 2.24) is 20.9 Å². The molecule has 14 N–H and O–H groups in total. The Labute approximate surface area is 235 Å². The van der Waals surface area contributed by atoms with Crippen LogP contribution in [0, 0.1) is 0 Å². The lowest BCUT2D eigenvalue weighted by Crippen LogP contribution is -2.58. The molecule has 1 aromatic heterocycles. The first-order valence-electron chi connectivity index (χ1n) is 12.8. The molecule has 224 valence electrons. The first kappa shape index (κ1) is 32.5. The number of para-hydroxylation sites is 1. The van der Waals surface area contributed by atoms with Crippen molar-refractivity contribution in [3.05, 3.63) is 36.0 Å². The van der Waals surface area contributed by atoms with Gasteiger partial charge in [-0.05, 0) is 30.9 Å². The molecule has 2 aromatic rings. The highest BCUT2D eigenvalue weighted by atomic mass is 16.4. The first-order valence-corrected chi connectivity index (χ1v) is 12.8. The van der Waals surface area contributed by atoms with Crippen LogP contribution in [-0.4, -0.2) is 88.1 Å². The van der Waals surface area contributed by atoms with E-state index >= 15 is 0 Å². The van der Waals surface area contributed by atoms with E-state index in [4.69, 9.17) is 22.9 Å². The predicted molar refractivity (Wildman–Crippen MR) is 149 cm³/mol. The third-order valence-electron chi connectivity index (χ3n) is 6.14. The number of aliphatic hydroxyl groups excluding tert-OH is 1. The number of hydrogen-bond acceptors (Lipinski definition) is 8. The maximum Gasteiger partial charge on any atom is 0.326 e. The lowest BCUT2D eigenvalue weighted by molar-refractivity contribution is -0.142. The van der Waals surface area contributed by atoms with Gasteiger partial charge in [-0.15, -0.1) is 0 Å². The Morgan fingerprint density at radius 3 is 2.17 bits per heavy atom. The zero-order chi connectivity index (χ0) is 30.5. The van der Waals surface area contributed by atoms with Gasteiger partial charge in [-0.25, -0.2) is 4.79 Å². The number of carboxylic acid groups (broad SMARTS) is 1. The summed E-state index contributed by atoms with van der Waals surface area (Å²) in [7, 11) is 0. The molecule has 0 spiro atoms. The van der Waals surface area contributed by atoms with Gasteiger partial charge in [-0.2, -0.15) is 0 Å². The van der Waals surface area contributed by atoms with E-state index in [0.29, 0.717) is 5.56 Å². The van der Waals surface area contributed by atoms with Crippen LogP contribution in [0.2, 0.25) is 0 Å². The molecule has 0 radical (unpaired) electrons. The number of aliphatic hydroxyl groups is 1. The van der Waals surface area contributed by atoms with Crippen LogP contribution in [0.15, 0.2) is 35.5 Å². The third-order valence-corrected chi connectivity index (χ3v) is 6.14. The van der Waals surface area contributed by atoms with Crippen LogP contribution >= 0.6 is 0 Å². The van der Waals surface area contributed by atoms with Gasteiger partial charge in [-0.3, -0.25) is 24.2 Å². The van der Waals surface area contributed by atoms with Crippen LogP contribution < -0.4 is 38.9 Å². The van der Waals surface area contributed by atoms with Gasteiger partial charge in [-0.1, -0.05) is 18.2 Å². The molecule has 16 nitrogen and oxygen atoms in total. The fourth-order valence-corrected chi connectivity index (χ4v) is 3.95. The van der Waals surface area contributed by atoms with Gasteiger partial charge in [0, 0.05) is 36.5 Å². The fraction of sp³-hybridized carbons (Fsp3) is 0.440. The summed E-state index contributed by atoms with van der Waals surface area (Å²) in [6.07, 6.45) is 1.35. The summed E-state index contributed by atoms with van der Waals surface area (Å²) < 4.78 is 0. The van der Waals surface area contributed by atoms with Crippen molar-refractivity contribution in [1.29, 1.82) is 0 Å². The number of carbonyl (C=O) groups excluding carboxylic acids is 4. The molecule has 16 heteroatoms. The van der Waals surface area contributed by atoms with Gasteiger partial charge in [0.1, 0.15) is 24.2 Å².